The van der Waals surface area contributed by atoms with Gasteiger partial charge in [0.15, 0.2) is 0 Å². The Hall–Kier alpha value is -3.68. The number of fused-ring (bicyclic) bond motifs is 1. The minimum Gasteiger partial charge on any atom is -0.465 e. The van der Waals surface area contributed by atoms with E-state index < -0.39 is 17.7 Å². The summed E-state index contributed by atoms with van der Waals surface area (Å²) in [6.07, 6.45) is 0.138. The zero-order valence-electron chi connectivity index (χ0n) is 17.8. The molecule has 0 unspecified atom stereocenters. The third kappa shape index (κ3) is 4.20. The van der Waals surface area contributed by atoms with Crippen LogP contribution in [0.1, 0.15) is 35.8 Å². The molecule has 0 bridgehead atoms. The Morgan fingerprint density at radius 1 is 1.09 bits per heavy atom. The Morgan fingerprint density at radius 2 is 1.85 bits per heavy atom. The highest BCUT2D eigenvalue weighted by atomic mass is 19.1. The molecule has 1 aliphatic rings. The fourth-order valence-corrected chi connectivity index (χ4v) is 4.34. The quantitative estimate of drug-likeness (QED) is 0.371. The van der Waals surface area contributed by atoms with E-state index in [0.717, 1.165) is 17.4 Å². The smallest absolute Gasteiger partial charge is 0.407 e. The van der Waals surface area contributed by atoms with E-state index in [1.54, 1.807) is 18.2 Å². The van der Waals surface area contributed by atoms with Crippen LogP contribution in [0.25, 0.3) is 22.2 Å². The molecule has 5 rings (SSSR count). The van der Waals surface area contributed by atoms with Crippen molar-refractivity contribution in [3.8, 4) is 11.3 Å². The van der Waals surface area contributed by atoms with Gasteiger partial charge in [0.05, 0.1) is 17.8 Å². The van der Waals surface area contributed by atoms with Gasteiger partial charge in [-0.15, -0.1) is 0 Å². The maximum Gasteiger partial charge on any atom is 0.407 e. The molecule has 1 amide bonds. The zero-order valence-corrected chi connectivity index (χ0v) is 17.8. The largest absolute Gasteiger partial charge is 0.465 e. The third-order valence-electron chi connectivity index (χ3n) is 5.98. The number of amides is 1. The second-order valence-electron chi connectivity index (χ2n) is 8.29. The average molecular weight is 454 g/mol. The van der Waals surface area contributed by atoms with Crippen molar-refractivity contribution in [3.05, 3.63) is 83.1 Å². The highest BCUT2D eigenvalue weighted by molar-refractivity contribution is 5.92. The van der Waals surface area contributed by atoms with Crippen molar-refractivity contribution in [2.75, 3.05) is 0 Å². The second kappa shape index (κ2) is 8.35. The average Bonchev–Trinajstić information content (AvgIpc) is 3.33. The van der Waals surface area contributed by atoms with E-state index in [4.69, 9.17) is 9.15 Å². The van der Waals surface area contributed by atoms with E-state index >= 15 is 0 Å². The van der Waals surface area contributed by atoms with E-state index in [1.807, 2.05) is 13.0 Å². The normalized spacial score (nSPS) is 17.7. The zero-order chi connectivity index (χ0) is 23.1. The number of aromatic amines is 1. The predicted molar refractivity (Wildman–Crippen MR) is 116 cm³/mol. The first kappa shape index (κ1) is 21.2. The molecule has 2 aromatic heterocycles. The minimum absolute atomic E-state index is 0.0782. The Bertz CT molecular complexity index is 1320. The molecule has 0 radical (unpaired) electrons. The molecule has 2 N–H and O–H groups in total. The number of carbonyl (C=O) groups is 1. The molecule has 2 aromatic carbocycles. The summed E-state index contributed by atoms with van der Waals surface area (Å²) in [6.45, 7) is 2.04. The SMILES string of the molecule is Cc1ccc(CNC(=O)O[C@H]2C[C@H](c3c(-c4ccc(F)cc4)[nH]c4c(F)cc(F)cc43)C2)o1. The van der Waals surface area contributed by atoms with Crippen LogP contribution in [0.2, 0.25) is 0 Å². The van der Waals surface area contributed by atoms with Crippen LogP contribution in [0.4, 0.5) is 18.0 Å². The number of benzene rings is 2. The first-order valence-corrected chi connectivity index (χ1v) is 10.6. The molecule has 0 aliphatic heterocycles. The lowest BCUT2D eigenvalue weighted by molar-refractivity contribution is 0.0393. The van der Waals surface area contributed by atoms with Crippen LogP contribution in [0, 0.1) is 24.4 Å². The molecule has 1 fully saturated rings. The maximum atomic E-state index is 14.5. The summed E-state index contributed by atoms with van der Waals surface area (Å²) < 4.78 is 52.8. The van der Waals surface area contributed by atoms with Gasteiger partial charge >= 0.3 is 6.09 Å². The van der Waals surface area contributed by atoms with E-state index in [1.165, 1.54) is 18.2 Å². The van der Waals surface area contributed by atoms with Gasteiger partial charge in [0, 0.05) is 11.5 Å². The number of hydrogen-bond donors (Lipinski definition) is 2. The van der Waals surface area contributed by atoms with Crippen LogP contribution >= 0.6 is 0 Å². The summed E-state index contributed by atoms with van der Waals surface area (Å²) in [5, 5.41) is 3.09. The van der Waals surface area contributed by atoms with E-state index in [0.29, 0.717) is 35.2 Å². The van der Waals surface area contributed by atoms with Gasteiger partial charge in [-0.05, 0) is 79.3 Å². The van der Waals surface area contributed by atoms with Gasteiger partial charge in [0.1, 0.15) is 35.1 Å². The Labute approximate surface area is 187 Å². The highest BCUT2D eigenvalue weighted by Gasteiger charge is 2.37. The maximum absolute atomic E-state index is 14.5. The summed E-state index contributed by atoms with van der Waals surface area (Å²) in [5.41, 5.74) is 2.21. The van der Waals surface area contributed by atoms with Crippen molar-refractivity contribution in [1.82, 2.24) is 10.3 Å². The number of aromatic nitrogens is 1. The van der Waals surface area contributed by atoms with Crippen molar-refractivity contribution in [1.29, 1.82) is 0 Å². The molecular formula is C25H21F3N2O3. The lowest BCUT2D eigenvalue weighted by Crippen LogP contribution is -2.36. The van der Waals surface area contributed by atoms with Gasteiger partial charge in [-0.25, -0.2) is 18.0 Å². The van der Waals surface area contributed by atoms with Crippen molar-refractivity contribution in [2.24, 2.45) is 0 Å². The molecule has 1 aliphatic carbocycles. The van der Waals surface area contributed by atoms with Gasteiger partial charge in [0.2, 0.25) is 0 Å². The number of ether oxygens (including phenoxy) is 1. The number of nitrogens with one attached hydrogen (secondary N) is 2. The Morgan fingerprint density at radius 3 is 2.55 bits per heavy atom. The van der Waals surface area contributed by atoms with Crippen LogP contribution < -0.4 is 5.32 Å². The molecule has 2 heterocycles. The topological polar surface area (TPSA) is 67.3 Å². The Balaban J connectivity index is 1.34. The van der Waals surface area contributed by atoms with Gasteiger partial charge in [-0.2, -0.15) is 0 Å². The van der Waals surface area contributed by atoms with Crippen LogP contribution in [0.3, 0.4) is 0 Å². The van der Waals surface area contributed by atoms with Gasteiger partial charge in [-0.1, -0.05) is 0 Å². The van der Waals surface area contributed by atoms with E-state index in [-0.39, 0.29) is 29.9 Å². The molecule has 5 nitrogen and oxygen atoms in total. The lowest BCUT2D eigenvalue weighted by atomic mass is 9.75. The number of carbonyl (C=O) groups excluding carboxylic acids is 1. The molecule has 8 heteroatoms. The number of rotatable bonds is 5. The van der Waals surface area contributed by atoms with Crippen molar-refractivity contribution >= 4 is 17.0 Å². The van der Waals surface area contributed by atoms with Crippen molar-refractivity contribution in [2.45, 2.75) is 38.3 Å². The van der Waals surface area contributed by atoms with Crippen LogP contribution in [0.5, 0.6) is 0 Å². The first-order valence-electron chi connectivity index (χ1n) is 10.6. The Kier molecular flexibility index (Phi) is 5.36. The van der Waals surface area contributed by atoms with Gasteiger partial charge in [0.25, 0.3) is 0 Å². The lowest BCUT2D eigenvalue weighted by Gasteiger charge is -2.35. The summed E-state index contributed by atoms with van der Waals surface area (Å²) in [5.74, 6) is -0.454. The summed E-state index contributed by atoms with van der Waals surface area (Å²) in [6, 6.07) is 11.5. The predicted octanol–water partition coefficient (Wildman–Crippen LogP) is 6.33. The molecule has 33 heavy (non-hydrogen) atoms. The second-order valence-corrected chi connectivity index (χ2v) is 8.29. The first-order chi connectivity index (χ1) is 15.9. The summed E-state index contributed by atoms with van der Waals surface area (Å²) >= 11 is 0. The molecule has 170 valence electrons. The molecular weight excluding hydrogens is 433 g/mol. The third-order valence-corrected chi connectivity index (χ3v) is 5.98. The molecule has 4 aromatic rings. The summed E-state index contributed by atoms with van der Waals surface area (Å²) in [7, 11) is 0. The van der Waals surface area contributed by atoms with Gasteiger partial charge < -0.3 is 19.5 Å². The van der Waals surface area contributed by atoms with Crippen LogP contribution in [-0.4, -0.2) is 17.2 Å². The highest BCUT2D eigenvalue weighted by Crippen LogP contribution is 2.46. The van der Waals surface area contributed by atoms with E-state index in [9.17, 15) is 18.0 Å². The fraction of sp³-hybridized carbons (Fsp3) is 0.240. The number of hydrogen-bond acceptors (Lipinski definition) is 3. The van der Waals surface area contributed by atoms with Crippen LogP contribution in [0.15, 0.2) is 52.9 Å². The van der Waals surface area contributed by atoms with Crippen molar-refractivity contribution in [3.63, 3.8) is 0 Å². The summed E-state index contributed by atoms with van der Waals surface area (Å²) in [4.78, 5) is 15.2. The molecule has 0 spiro atoms. The number of halogens is 3. The van der Waals surface area contributed by atoms with Crippen LogP contribution in [-0.2, 0) is 11.3 Å². The number of furan rings is 1. The molecule has 1 saturated carbocycles. The molecule has 0 atom stereocenters. The monoisotopic (exact) mass is 454 g/mol. The number of H-pyrrole nitrogens is 1. The van der Waals surface area contributed by atoms with Crippen molar-refractivity contribution < 1.29 is 27.1 Å². The standard InChI is InChI=1S/C25H21F3N2O3/c1-13-2-7-18(32-13)12-29-25(31)33-19-8-15(9-19)22-20-10-17(27)11-21(28)24(20)30-23(22)14-3-5-16(26)6-4-14/h2-7,10-11,15,19,30H,8-9,12H2,1H3,(H,29,31)/t15-,19-. The number of alkyl carbamates (subject to hydrolysis) is 1. The number of aryl methyl sites for hydroxylation is 1. The van der Waals surface area contributed by atoms with Gasteiger partial charge in [-0.3, -0.25) is 0 Å². The van der Waals surface area contributed by atoms with E-state index in [2.05, 4.69) is 10.3 Å². The minimum atomic E-state index is -0.695. The fourth-order valence-electron chi connectivity index (χ4n) is 4.34. The molecule has 0 saturated heterocycles.